The Morgan fingerprint density at radius 2 is 1.82 bits per heavy atom. The molecule has 0 fully saturated rings. The molecule has 1 aromatic rings. The molecule has 0 saturated heterocycles. The van der Waals surface area contributed by atoms with Crippen LogP contribution in [0.25, 0.3) is 0 Å². The molecule has 0 aliphatic heterocycles. The molecule has 0 atom stereocenters. The van der Waals surface area contributed by atoms with Crippen molar-refractivity contribution >= 4 is 17.1 Å². The Labute approximate surface area is 109 Å². The Bertz CT molecular complexity index is 290. The minimum atomic E-state index is 0.400. The van der Waals surface area contributed by atoms with Crippen molar-refractivity contribution in [1.82, 2.24) is 0 Å². The summed E-state index contributed by atoms with van der Waals surface area (Å²) in [5, 5.41) is 4.11. The first-order valence-electron chi connectivity index (χ1n) is 6.85. The highest BCUT2D eigenvalue weighted by Crippen LogP contribution is 2.11. The summed E-state index contributed by atoms with van der Waals surface area (Å²) in [7, 11) is 0. The second kappa shape index (κ2) is 9.41. The van der Waals surface area contributed by atoms with E-state index in [1.54, 1.807) is 11.3 Å². The summed E-state index contributed by atoms with van der Waals surface area (Å²) in [6.07, 6.45) is 10.4. The van der Waals surface area contributed by atoms with E-state index in [1.807, 2.05) is 11.4 Å². The maximum absolute atomic E-state index is 11.7. The standard InChI is InChI=1S/C15H24OS/c1-2-3-4-5-6-7-8-9-15(16)12-14-10-11-17-13-14/h10-11,13H,2-9,12H2,1H3. The lowest BCUT2D eigenvalue weighted by Crippen LogP contribution is -2.01. The van der Waals surface area contributed by atoms with E-state index in [1.165, 1.54) is 44.1 Å². The van der Waals surface area contributed by atoms with Crippen LogP contribution in [0.4, 0.5) is 0 Å². The lowest BCUT2D eigenvalue weighted by atomic mass is 10.0. The number of hydrogen-bond acceptors (Lipinski definition) is 2. The molecule has 96 valence electrons. The lowest BCUT2D eigenvalue weighted by Gasteiger charge is -2.01. The first-order valence-corrected chi connectivity index (χ1v) is 7.80. The van der Waals surface area contributed by atoms with Crippen molar-refractivity contribution < 1.29 is 4.79 Å². The SMILES string of the molecule is CCCCCCCCCC(=O)Cc1ccsc1. The molecule has 1 aromatic heterocycles. The molecule has 0 aliphatic rings. The fourth-order valence-electron chi connectivity index (χ4n) is 1.99. The summed E-state index contributed by atoms with van der Waals surface area (Å²) in [5.74, 6) is 0.400. The van der Waals surface area contributed by atoms with Crippen LogP contribution in [0.5, 0.6) is 0 Å². The van der Waals surface area contributed by atoms with Crippen LogP contribution in [0.3, 0.4) is 0 Å². The quantitative estimate of drug-likeness (QED) is 0.535. The maximum atomic E-state index is 11.7. The van der Waals surface area contributed by atoms with Crippen molar-refractivity contribution in [3.8, 4) is 0 Å². The van der Waals surface area contributed by atoms with Crippen LogP contribution in [-0.4, -0.2) is 5.78 Å². The molecule has 0 N–H and O–H groups in total. The zero-order valence-electron chi connectivity index (χ0n) is 10.9. The zero-order valence-corrected chi connectivity index (χ0v) is 11.7. The Kier molecular flexibility index (Phi) is 7.98. The van der Waals surface area contributed by atoms with Crippen molar-refractivity contribution in [2.45, 2.75) is 64.7 Å². The number of carbonyl (C=O) groups is 1. The van der Waals surface area contributed by atoms with E-state index in [0.717, 1.165) is 12.8 Å². The number of hydrogen-bond donors (Lipinski definition) is 0. The van der Waals surface area contributed by atoms with Gasteiger partial charge in [-0.2, -0.15) is 11.3 Å². The van der Waals surface area contributed by atoms with Crippen LogP contribution in [0, 0.1) is 0 Å². The molecule has 0 spiro atoms. The maximum Gasteiger partial charge on any atom is 0.137 e. The fourth-order valence-corrected chi connectivity index (χ4v) is 2.66. The van der Waals surface area contributed by atoms with Crippen molar-refractivity contribution in [1.29, 1.82) is 0 Å². The van der Waals surface area contributed by atoms with Gasteiger partial charge in [-0.25, -0.2) is 0 Å². The van der Waals surface area contributed by atoms with E-state index in [2.05, 4.69) is 12.3 Å². The summed E-state index contributed by atoms with van der Waals surface area (Å²) in [5.41, 5.74) is 1.18. The van der Waals surface area contributed by atoms with Crippen LogP contribution >= 0.6 is 11.3 Å². The van der Waals surface area contributed by atoms with Gasteiger partial charge in [-0.15, -0.1) is 0 Å². The van der Waals surface area contributed by atoms with E-state index >= 15 is 0 Å². The average Bonchev–Trinajstić information content (AvgIpc) is 2.80. The Balaban J connectivity index is 1.94. The van der Waals surface area contributed by atoms with Gasteiger partial charge in [-0.05, 0) is 28.8 Å². The predicted molar refractivity (Wildman–Crippen MR) is 75.6 cm³/mol. The molecule has 2 heteroatoms. The van der Waals surface area contributed by atoms with Gasteiger partial charge in [0.1, 0.15) is 5.78 Å². The minimum absolute atomic E-state index is 0.400. The molecule has 1 heterocycles. The fraction of sp³-hybridized carbons (Fsp3) is 0.667. The van der Waals surface area contributed by atoms with E-state index in [0.29, 0.717) is 12.2 Å². The smallest absolute Gasteiger partial charge is 0.137 e. The summed E-state index contributed by atoms with van der Waals surface area (Å²) >= 11 is 1.67. The van der Waals surface area contributed by atoms with Gasteiger partial charge in [-0.1, -0.05) is 45.4 Å². The molecule has 0 radical (unpaired) electrons. The number of rotatable bonds is 10. The summed E-state index contributed by atoms with van der Waals surface area (Å²) in [4.78, 5) is 11.7. The first-order chi connectivity index (χ1) is 8.33. The Hall–Kier alpha value is -0.630. The third-order valence-electron chi connectivity index (χ3n) is 3.04. The van der Waals surface area contributed by atoms with Crippen LogP contribution in [0.2, 0.25) is 0 Å². The van der Waals surface area contributed by atoms with Crippen molar-refractivity contribution in [3.05, 3.63) is 22.4 Å². The lowest BCUT2D eigenvalue weighted by molar-refractivity contribution is -0.118. The molecule has 0 amide bonds. The predicted octanol–water partition coefficient (Wildman–Crippen LogP) is 5.00. The molecule has 0 unspecified atom stereocenters. The normalized spacial score (nSPS) is 10.6. The molecule has 1 nitrogen and oxygen atoms in total. The van der Waals surface area contributed by atoms with Gasteiger partial charge in [-0.3, -0.25) is 4.79 Å². The van der Waals surface area contributed by atoms with E-state index in [-0.39, 0.29) is 0 Å². The second-order valence-corrected chi connectivity index (χ2v) is 5.50. The molecule has 0 aliphatic carbocycles. The van der Waals surface area contributed by atoms with Gasteiger partial charge in [0.2, 0.25) is 0 Å². The highest BCUT2D eigenvalue weighted by Gasteiger charge is 2.03. The topological polar surface area (TPSA) is 17.1 Å². The van der Waals surface area contributed by atoms with Crippen molar-refractivity contribution in [2.24, 2.45) is 0 Å². The van der Waals surface area contributed by atoms with E-state index in [9.17, 15) is 4.79 Å². The molecule has 0 aromatic carbocycles. The average molecular weight is 252 g/mol. The van der Waals surface area contributed by atoms with Crippen molar-refractivity contribution in [3.63, 3.8) is 0 Å². The van der Waals surface area contributed by atoms with Gasteiger partial charge in [0.25, 0.3) is 0 Å². The van der Waals surface area contributed by atoms with Gasteiger partial charge in [0.15, 0.2) is 0 Å². The number of carbonyl (C=O) groups excluding carboxylic acids is 1. The number of Topliss-reactive ketones (excluding diaryl/α,β-unsaturated/α-hetero) is 1. The van der Waals surface area contributed by atoms with Crippen LogP contribution < -0.4 is 0 Å². The van der Waals surface area contributed by atoms with Crippen LogP contribution in [0.15, 0.2) is 16.8 Å². The molecule has 17 heavy (non-hydrogen) atoms. The van der Waals surface area contributed by atoms with Gasteiger partial charge in [0, 0.05) is 12.8 Å². The summed E-state index contributed by atoms with van der Waals surface area (Å²) in [6, 6.07) is 2.05. The zero-order chi connectivity index (χ0) is 12.3. The van der Waals surface area contributed by atoms with Gasteiger partial charge >= 0.3 is 0 Å². The largest absolute Gasteiger partial charge is 0.299 e. The minimum Gasteiger partial charge on any atom is -0.299 e. The first kappa shape index (κ1) is 14.4. The monoisotopic (exact) mass is 252 g/mol. The second-order valence-electron chi connectivity index (χ2n) is 4.72. The van der Waals surface area contributed by atoms with Gasteiger partial charge < -0.3 is 0 Å². The third-order valence-corrected chi connectivity index (χ3v) is 3.77. The molecule has 0 bridgehead atoms. The van der Waals surface area contributed by atoms with E-state index < -0.39 is 0 Å². The number of ketones is 1. The Morgan fingerprint density at radius 1 is 1.12 bits per heavy atom. The molecular formula is C15H24OS. The molecule has 0 saturated carbocycles. The highest BCUT2D eigenvalue weighted by molar-refractivity contribution is 7.07. The van der Waals surface area contributed by atoms with Crippen molar-refractivity contribution in [2.75, 3.05) is 0 Å². The Morgan fingerprint density at radius 3 is 2.47 bits per heavy atom. The van der Waals surface area contributed by atoms with E-state index in [4.69, 9.17) is 0 Å². The van der Waals surface area contributed by atoms with Crippen LogP contribution in [-0.2, 0) is 11.2 Å². The number of thiophene rings is 1. The molecule has 1 rings (SSSR count). The third kappa shape index (κ3) is 7.32. The van der Waals surface area contributed by atoms with Gasteiger partial charge in [0.05, 0.1) is 0 Å². The van der Waals surface area contributed by atoms with Crippen LogP contribution in [0.1, 0.15) is 63.9 Å². The summed E-state index contributed by atoms with van der Waals surface area (Å²) < 4.78 is 0. The number of unbranched alkanes of at least 4 members (excludes halogenated alkanes) is 6. The highest BCUT2D eigenvalue weighted by atomic mass is 32.1. The summed E-state index contributed by atoms with van der Waals surface area (Å²) in [6.45, 7) is 2.24. The molecular weight excluding hydrogens is 228 g/mol.